The number of rotatable bonds is 6. The van der Waals surface area contributed by atoms with Gasteiger partial charge in [-0.25, -0.2) is 22.4 Å². The molecule has 0 spiro atoms. The second-order valence-electron chi connectivity index (χ2n) is 7.61. The molecular weight excluding hydrogens is 412 g/mol. The molecule has 164 valence electrons. The lowest BCUT2D eigenvalue weighted by molar-refractivity contribution is -0.130. The first-order chi connectivity index (χ1) is 14.7. The Balaban J connectivity index is 2.18. The smallest absolute Gasteiger partial charge is 0.320 e. The van der Waals surface area contributed by atoms with Crippen molar-refractivity contribution in [3.8, 4) is 0 Å². The van der Waals surface area contributed by atoms with Crippen LogP contribution in [0, 0.1) is 11.6 Å². The van der Waals surface area contributed by atoms with E-state index in [-0.39, 0.29) is 18.5 Å². The molecule has 4 nitrogen and oxygen atoms in total. The van der Waals surface area contributed by atoms with E-state index in [1.54, 1.807) is 36.4 Å². The lowest BCUT2D eigenvalue weighted by Crippen LogP contribution is -2.49. The van der Waals surface area contributed by atoms with Crippen LogP contribution in [0.5, 0.6) is 0 Å². The molecule has 1 aliphatic rings. The monoisotopic (exact) mass is 434 g/mol. The Labute approximate surface area is 177 Å². The van der Waals surface area contributed by atoms with Gasteiger partial charge in [0.15, 0.2) is 5.78 Å². The van der Waals surface area contributed by atoms with E-state index in [1.165, 1.54) is 23.9 Å². The van der Waals surface area contributed by atoms with Crippen LogP contribution < -0.4 is 0 Å². The van der Waals surface area contributed by atoms with E-state index in [0.29, 0.717) is 11.1 Å². The molecule has 0 unspecified atom stereocenters. The molecule has 2 aromatic rings. The van der Waals surface area contributed by atoms with E-state index in [0.717, 1.165) is 18.2 Å². The summed E-state index contributed by atoms with van der Waals surface area (Å²) in [6.45, 7) is -0.0743. The van der Waals surface area contributed by atoms with E-state index < -0.39 is 41.8 Å². The summed E-state index contributed by atoms with van der Waals surface area (Å²) < 4.78 is 54.2. The van der Waals surface area contributed by atoms with Crippen molar-refractivity contribution in [1.82, 2.24) is 9.80 Å². The van der Waals surface area contributed by atoms with Crippen molar-refractivity contribution in [3.63, 3.8) is 0 Å². The second kappa shape index (κ2) is 8.91. The van der Waals surface area contributed by atoms with Gasteiger partial charge in [-0.1, -0.05) is 30.3 Å². The number of urea groups is 1. The maximum Gasteiger partial charge on any atom is 0.320 e. The summed E-state index contributed by atoms with van der Waals surface area (Å²) in [6.07, 6.45) is -2.16. The highest BCUT2D eigenvalue weighted by Crippen LogP contribution is 2.44. The van der Waals surface area contributed by atoms with Gasteiger partial charge in [-0.2, -0.15) is 0 Å². The maximum absolute atomic E-state index is 14.5. The van der Waals surface area contributed by atoms with Gasteiger partial charge in [0.05, 0.1) is 5.54 Å². The van der Waals surface area contributed by atoms with Gasteiger partial charge in [-0.15, -0.1) is 0 Å². The van der Waals surface area contributed by atoms with Crippen LogP contribution in [0.3, 0.4) is 0 Å². The van der Waals surface area contributed by atoms with Crippen molar-refractivity contribution in [3.05, 3.63) is 77.4 Å². The third-order valence-electron chi connectivity index (χ3n) is 5.38. The Morgan fingerprint density at radius 2 is 1.77 bits per heavy atom. The van der Waals surface area contributed by atoms with Gasteiger partial charge in [-0.05, 0) is 41.8 Å². The van der Waals surface area contributed by atoms with Crippen LogP contribution in [0.1, 0.15) is 24.0 Å². The highest BCUT2D eigenvalue weighted by atomic mass is 19.3. The summed E-state index contributed by atoms with van der Waals surface area (Å²) in [7, 11) is 3.06. The topological polar surface area (TPSA) is 40.6 Å². The average Bonchev–Trinajstić information content (AvgIpc) is 3.14. The summed E-state index contributed by atoms with van der Waals surface area (Å²) in [6, 6.07) is 11.2. The SMILES string of the molecule is CN(C)C(=O)N1CC(c2cc(F)ccc2F)=C[C@@]1(CCC(=O)C(F)F)c1ccccc1. The van der Waals surface area contributed by atoms with Crippen LogP contribution in [0.15, 0.2) is 54.6 Å². The van der Waals surface area contributed by atoms with Crippen LogP contribution in [0.4, 0.5) is 22.4 Å². The van der Waals surface area contributed by atoms with Crippen molar-refractivity contribution >= 4 is 17.4 Å². The van der Waals surface area contributed by atoms with Crippen LogP contribution in [-0.2, 0) is 10.3 Å². The predicted molar refractivity (Wildman–Crippen MR) is 108 cm³/mol. The number of carbonyl (C=O) groups excluding carboxylic acids is 2. The number of amides is 2. The molecule has 0 aliphatic carbocycles. The van der Waals surface area contributed by atoms with E-state index in [2.05, 4.69) is 0 Å². The Kier molecular flexibility index (Phi) is 6.48. The number of benzene rings is 2. The number of ketones is 1. The molecule has 1 aliphatic heterocycles. The van der Waals surface area contributed by atoms with Gasteiger partial charge in [0, 0.05) is 32.6 Å². The van der Waals surface area contributed by atoms with E-state index in [9.17, 15) is 27.2 Å². The Bertz CT molecular complexity index is 1010. The van der Waals surface area contributed by atoms with Gasteiger partial charge in [0.2, 0.25) is 0 Å². The van der Waals surface area contributed by atoms with Crippen LogP contribution in [0.25, 0.3) is 5.57 Å². The summed E-state index contributed by atoms with van der Waals surface area (Å²) in [5.74, 6) is -2.56. The fraction of sp³-hybridized carbons (Fsp3) is 0.304. The third kappa shape index (κ3) is 4.47. The van der Waals surface area contributed by atoms with E-state index in [4.69, 9.17) is 0 Å². The first-order valence-corrected chi connectivity index (χ1v) is 9.68. The molecule has 31 heavy (non-hydrogen) atoms. The number of halogens is 4. The standard InChI is InChI=1S/C23H22F4N2O2/c1-28(2)22(31)29-14-15(18-12-17(24)8-9-19(18)25)13-23(29,11-10-20(30)21(26)27)16-6-4-3-5-7-16/h3-9,12-13,21H,10-11,14H2,1-2H3/t23-/m0/s1. The molecule has 2 amide bonds. The molecule has 0 N–H and O–H groups in total. The van der Waals surface area contributed by atoms with Crippen LogP contribution >= 0.6 is 0 Å². The largest absolute Gasteiger partial charge is 0.331 e. The molecule has 0 saturated carbocycles. The minimum Gasteiger partial charge on any atom is -0.331 e. The van der Waals surface area contributed by atoms with Crippen molar-refractivity contribution in [2.75, 3.05) is 20.6 Å². The fourth-order valence-corrected chi connectivity index (χ4v) is 3.85. The molecule has 0 radical (unpaired) electrons. The zero-order valence-electron chi connectivity index (χ0n) is 17.1. The first kappa shape index (κ1) is 22.5. The number of alkyl halides is 2. The maximum atomic E-state index is 14.5. The molecule has 1 heterocycles. The minimum absolute atomic E-state index is 0.0189. The highest BCUT2D eigenvalue weighted by molar-refractivity contribution is 5.85. The quantitative estimate of drug-likeness (QED) is 0.610. The van der Waals surface area contributed by atoms with E-state index in [1.807, 2.05) is 0 Å². The molecule has 3 rings (SSSR count). The highest BCUT2D eigenvalue weighted by Gasteiger charge is 2.46. The molecule has 0 aromatic heterocycles. The summed E-state index contributed by atoms with van der Waals surface area (Å²) in [4.78, 5) is 27.5. The lowest BCUT2D eigenvalue weighted by Gasteiger charge is -2.40. The van der Waals surface area contributed by atoms with Crippen molar-refractivity contribution in [1.29, 1.82) is 0 Å². The Hall–Kier alpha value is -3.16. The van der Waals surface area contributed by atoms with E-state index >= 15 is 0 Å². The molecule has 1 atom stereocenters. The first-order valence-electron chi connectivity index (χ1n) is 9.68. The number of nitrogens with zero attached hydrogens (tertiary/aromatic N) is 2. The van der Waals surface area contributed by atoms with Gasteiger partial charge >= 0.3 is 6.03 Å². The average molecular weight is 434 g/mol. The van der Waals surface area contributed by atoms with Crippen molar-refractivity contribution < 1.29 is 27.2 Å². The van der Waals surface area contributed by atoms with Gasteiger partial charge in [0.1, 0.15) is 11.6 Å². The summed E-state index contributed by atoms with van der Waals surface area (Å²) in [5.41, 5.74) is -0.379. The molecule has 8 heteroatoms. The van der Waals surface area contributed by atoms with Gasteiger partial charge < -0.3 is 9.80 Å². The number of Topliss-reactive ketones (excluding diaryl/α,β-unsaturated/α-hetero) is 1. The third-order valence-corrected chi connectivity index (χ3v) is 5.38. The number of hydrogen-bond acceptors (Lipinski definition) is 2. The van der Waals surface area contributed by atoms with Gasteiger partial charge in [0.25, 0.3) is 6.43 Å². The lowest BCUT2D eigenvalue weighted by atomic mass is 9.83. The van der Waals surface area contributed by atoms with Gasteiger partial charge in [-0.3, -0.25) is 4.79 Å². The normalized spacial score (nSPS) is 18.3. The second-order valence-corrected chi connectivity index (χ2v) is 7.61. The zero-order chi connectivity index (χ0) is 22.8. The molecular formula is C23H22F4N2O2. The number of hydrogen-bond donors (Lipinski definition) is 0. The molecule has 2 aromatic carbocycles. The van der Waals surface area contributed by atoms with Crippen LogP contribution in [0.2, 0.25) is 0 Å². The summed E-state index contributed by atoms with van der Waals surface area (Å²) in [5, 5.41) is 0. The summed E-state index contributed by atoms with van der Waals surface area (Å²) >= 11 is 0. The Morgan fingerprint density at radius 3 is 2.39 bits per heavy atom. The molecule has 0 saturated heterocycles. The van der Waals surface area contributed by atoms with Crippen molar-refractivity contribution in [2.24, 2.45) is 0 Å². The Morgan fingerprint density at radius 1 is 1.10 bits per heavy atom. The van der Waals surface area contributed by atoms with Crippen LogP contribution in [-0.4, -0.2) is 48.7 Å². The zero-order valence-corrected chi connectivity index (χ0v) is 17.1. The van der Waals surface area contributed by atoms with Crippen molar-refractivity contribution in [2.45, 2.75) is 24.8 Å². The molecule has 0 fully saturated rings. The number of carbonyl (C=O) groups is 2. The fourth-order valence-electron chi connectivity index (χ4n) is 3.85. The minimum atomic E-state index is -3.13. The predicted octanol–water partition coefficient (Wildman–Crippen LogP) is 4.86. The molecule has 0 bridgehead atoms.